The van der Waals surface area contributed by atoms with Crippen molar-refractivity contribution in [2.45, 2.75) is 16.7 Å². The molecule has 12 nitrogen and oxygen atoms in total. The first kappa shape index (κ1) is 25.4. The lowest BCUT2D eigenvalue weighted by atomic mass is 10.3. The van der Waals surface area contributed by atoms with E-state index in [4.69, 9.17) is 21.1 Å². The van der Waals surface area contributed by atoms with E-state index >= 15 is 0 Å². The Balaban J connectivity index is 0.000000204. The fourth-order valence-electron chi connectivity index (χ4n) is 2.13. The van der Waals surface area contributed by atoms with E-state index in [1.54, 1.807) is 25.6 Å². The molecule has 0 aliphatic carbocycles. The predicted octanol–water partition coefficient (Wildman–Crippen LogP) is 1.69. The number of hydrogen-bond acceptors (Lipinski definition) is 9. The number of aryl methyl sites for hydroxylation is 1. The van der Waals surface area contributed by atoms with Crippen molar-refractivity contribution in [2.24, 2.45) is 5.14 Å². The van der Waals surface area contributed by atoms with Crippen LogP contribution in [0.2, 0.25) is 0 Å². The van der Waals surface area contributed by atoms with E-state index in [2.05, 4.69) is 19.8 Å². The third-order valence-electron chi connectivity index (χ3n) is 3.67. The Morgan fingerprint density at radius 2 is 1.45 bits per heavy atom. The van der Waals surface area contributed by atoms with Gasteiger partial charge in [0.15, 0.2) is 5.82 Å². The Labute approximate surface area is 190 Å². The van der Waals surface area contributed by atoms with Crippen LogP contribution >= 0.6 is 0 Å². The average Bonchev–Trinajstić information content (AvgIpc) is 3.44. The summed E-state index contributed by atoms with van der Waals surface area (Å²) in [5, 5.41) is 8.39. The van der Waals surface area contributed by atoms with Crippen LogP contribution < -0.4 is 21.3 Å². The number of imidazole rings is 1. The number of aromatic amines is 1. The Hall–Kier alpha value is -3.88. The van der Waals surface area contributed by atoms with Crippen LogP contribution in [0.15, 0.2) is 87.6 Å². The maximum absolute atomic E-state index is 11.9. The van der Waals surface area contributed by atoms with Crippen LogP contribution in [0.1, 0.15) is 5.76 Å². The molecule has 0 radical (unpaired) electrons. The standard InChI is InChI=1S/C10H11N3O3S.C6H8N2O2S.C3H4N2/c1-7-6-10(12-16-7)13-17(14,15)9-4-2-8(11)3-5-9;7-5-1-3-6(4-2-5)11(8,9)10;1-2-5-3-4-1/h2-6H,11H2,1H3,(H,12,13);1-4H,7H2,(H2,8,9,10);1-3H,(H,4,5). The number of nitrogens with one attached hydrogen (secondary N) is 2. The minimum absolute atomic E-state index is 0.0756. The second-order valence-corrected chi connectivity index (χ2v) is 9.62. The molecule has 4 aromatic rings. The lowest BCUT2D eigenvalue weighted by molar-refractivity contribution is 0.400. The second kappa shape index (κ2) is 11.1. The lowest BCUT2D eigenvalue weighted by Crippen LogP contribution is -2.13. The number of sulfonamides is 2. The monoisotopic (exact) mass is 493 g/mol. The van der Waals surface area contributed by atoms with Gasteiger partial charge in [-0.2, -0.15) is 0 Å². The lowest BCUT2D eigenvalue weighted by Gasteiger charge is -2.04. The van der Waals surface area contributed by atoms with Crippen LogP contribution in [-0.4, -0.2) is 32.0 Å². The van der Waals surface area contributed by atoms with Gasteiger partial charge in [0.25, 0.3) is 10.0 Å². The molecule has 0 saturated heterocycles. The van der Waals surface area contributed by atoms with E-state index in [1.807, 2.05) is 0 Å². The van der Waals surface area contributed by atoms with Crippen LogP contribution in [-0.2, 0) is 20.0 Å². The Kier molecular flexibility index (Phi) is 8.56. The quantitative estimate of drug-likeness (QED) is 0.261. The molecule has 33 heavy (non-hydrogen) atoms. The van der Waals surface area contributed by atoms with Crippen molar-refractivity contribution < 1.29 is 21.4 Å². The van der Waals surface area contributed by atoms with Gasteiger partial charge in [0, 0.05) is 29.8 Å². The highest BCUT2D eigenvalue weighted by atomic mass is 32.2. The fourth-order valence-corrected chi connectivity index (χ4v) is 3.63. The SMILES string of the molecule is Cc1cc(NS(=O)(=O)c2ccc(N)cc2)no1.Nc1ccc(S(N)(=O)=O)cc1.c1c[nH]cn1. The summed E-state index contributed by atoms with van der Waals surface area (Å²) in [4.78, 5) is 6.61. The average molecular weight is 494 g/mol. The van der Waals surface area contributed by atoms with Crippen molar-refractivity contribution >= 4 is 37.2 Å². The van der Waals surface area contributed by atoms with E-state index in [1.165, 1.54) is 54.6 Å². The number of nitrogens with two attached hydrogens (primary N) is 3. The van der Waals surface area contributed by atoms with E-state index in [-0.39, 0.29) is 15.6 Å². The molecule has 176 valence electrons. The molecule has 0 fully saturated rings. The first-order chi connectivity index (χ1) is 15.5. The second-order valence-electron chi connectivity index (χ2n) is 6.37. The van der Waals surface area contributed by atoms with Gasteiger partial charge < -0.3 is 21.0 Å². The van der Waals surface area contributed by atoms with Gasteiger partial charge in [-0.25, -0.2) is 27.0 Å². The molecule has 0 amide bonds. The van der Waals surface area contributed by atoms with E-state index in [0.717, 1.165) is 0 Å². The number of benzene rings is 2. The maximum Gasteiger partial charge on any atom is 0.263 e. The Morgan fingerprint density at radius 3 is 1.82 bits per heavy atom. The van der Waals surface area contributed by atoms with Crippen molar-refractivity contribution in [3.63, 3.8) is 0 Å². The number of rotatable bonds is 4. The molecule has 0 aliphatic rings. The summed E-state index contributed by atoms with van der Waals surface area (Å²) in [6.07, 6.45) is 5.08. The number of hydrogen-bond donors (Lipinski definition) is 5. The molecule has 4 rings (SSSR count). The number of nitrogens with zero attached hydrogens (tertiary/aromatic N) is 2. The van der Waals surface area contributed by atoms with Gasteiger partial charge in [-0.05, 0) is 55.5 Å². The number of aromatic nitrogens is 3. The zero-order valence-electron chi connectivity index (χ0n) is 17.4. The van der Waals surface area contributed by atoms with Crippen LogP contribution in [0.4, 0.5) is 17.2 Å². The fraction of sp³-hybridized carbons (Fsp3) is 0.0526. The molecule has 2 aromatic carbocycles. The molecule has 2 aromatic heterocycles. The van der Waals surface area contributed by atoms with Crippen molar-refractivity contribution in [2.75, 3.05) is 16.2 Å². The number of primary sulfonamides is 1. The van der Waals surface area contributed by atoms with Crippen molar-refractivity contribution in [3.8, 4) is 0 Å². The summed E-state index contributed by atoms with van der Waals surface area (Å²) in [6, 6.07) is 13.1. The molecular formula is C19H23N7O5S2. The Morgan fingerprint density at radius 1 is 0.909 bits per heavy atom. The van der Waals surface area contributed by atoms with Crippen LogP contribution in [0.25, 0.3) is 0 Å². The summed E-state index contributed by atoms with van der Waals surface area (Å²) in [5.74, 6) is 0.680. The minimum Gasteiger partial charge on any atom is -0.399 e. The van der Waals surface area contributed by atoms with Crippen molar-refractivity contribution in [1.29, 1.82) is 0 Å². The summed E-state index contributed by atoms with van der Waals surface area (Å²) < 4.78 is 52.2. The van der Waals surface area contributed by atoms with Crippen molar-refractivity contribution in [1.82, 2.24) is 15.1 Å². The third kappa shape index (κ3) is 8.64. The normalized spacial score (nSPS) is 10.8. The highest BCUT2D eigenvalue weighted by Gasteiger charge is 2.15. The zero-order valence-corrected chi connectivity index (χ0v) is 19.0. The predicted molar refractivity (Wildman–Crippen MR) is 124 cm³/mol. The zero-order chi connectivity index (χ0) is 24.5. The van der Waals surface area contributed by atoms with Crippen LogP contribution in [0.5, 0.6) is 0 Å². The minimum atomic E-state index is -3.64. The maximum atomic E-state index is 11.9. The molecule has 0 saturated carbocycles. The van der Waals surface area contributed by atoms with Gasteiger partial charge in [-0.1, -0.05) is 5.16 Å². The summed E-state index contributed by atoms with van der Waals surface area (Å²) in [7, 11) is -7.22. The van der Waals surface area contributed by atoms with Gasteiger partial charge in [-0.15, -0.1) is 0 Å². The van der Waals surface area contributed by atoms with Crippen molar-refractivity contribution in [3.05, 3.63) is 79.1 Å². The molecule has 14 heteroatoms. The number of nitrogen functional groups attached to an aromatic ring is 2. The Bertz CT molecular complexity index is 1320. The van der Waals surface area contributed by atoms with Gasteiger partial charge in [0.05, 0.1) is 16.1 Å². The molecule has 8 N–H and O–H groups in total. The molecule has 0 aliphatic heterocycles. The third-order valence-corrected chi connectivity index (χ3v) is 5.97. The van der Waals surface area contributed by atoms with Gasteiger partial charge >= 0.3 is 0 Å². The summed E-state index contributed by atoms with van der Waals surface area (Å²) in [6.45, 7) is 1.67. The first-order valence-corrected chi connectivity index (χ1v) is 12.1. The van der Waals surface area contributed by atoms with E-state index in [0.29, 0.717) is 17.1 Å². The highest BCUT2D eigenvalue weighted by Crippen LogP contribution is 2.16. The van der Waals surface area contributed by atoms with Gasteiger partial charge in [0.2, 0.25) is 10.0 Å². The summed E-state index contributed by atoms with van der Waals surface area (Å²) >= 11 is 0. The van der Waals surface area contributed by atoms with Crippen LogP contribution in [0.3, 0.4) is 0 Å². The largest absolute Gasteiger partial charge is 0.399 e. The molecule has 2 heterocycles. The van der Waals surface area contributed by atoms with E-state index < -0.39 is 20.0 Å². The smallest absolute Gasteiger partial charge is 0.263 e. The van der Waals surface area contributed by atoms with Crippen LogP contribution in [0, 0.1) is 6.92 Å². The number of H-pyrrole nitrogens is 1. The van der Waals surface area contributed by atoms with Gasteiger partial charge in [0.1, 0.15) is 5.76 Å². The molecule has 0 atom stereocenters. The molecular weight excluding hydrogens is 470 g/mol. The number of anilines is 3. The first-order valence-electron chi connectivity index (χ1n) is 9.10. The molecule has 0 unspecified atom stereocenters. The highest BCUT2D eigenvalue weighted by molar-refractivity contribution is 7.92. The topological polar surface area (TPSA) is 213 Å². The molecule has 0 bridgehead atoms. The molecule has 0 spiro atoms. The summed E-state index contributed by atoms with van der Waals surface area (Å²) in [5.41, 5.74) is 11.8. The van der Waals surface area contributed by atoms with E-state index in [9.17, 15) is 16.8 Å². The van der Waals surface area contributed by atoms with Gasteiger partial charge in [-0.3, -0.25) is 4.72 Å².